The molecular weight excluding hydrogens is 424 g/mol. The summed E-state index contributed by atoms with van der Waals surface area (Å²) in [7, 11) is 0. The molecule has 2 heteroatoms. The summed E-state index contributed by atoms with van der Waals surface area (Å²) in [6, 6.07) is 0.533. The maximum absolute atomic E-state index is 4.38. The summed E-state index contributed by atoms with van der Waals surface area (Å²) in [5.74, 6) is 1.28. The fourth-order valence-electron chi connectivity index (χ4n) is 6.34. The maximum Gasteiger partial charge on any atom is 0.0395 e. The van der Waals surface area contributed by atoms with E-state index in [2.05, 4.69) is 85.8 Å². The molecule has 0 N–H and O–H groups in total. The minimum absolute atomic E-state index is 0.533. The average molecular weight is 473 g/mol. The molecule has 2 aliphatic heterocycles. The van der Waals surface area contributed by atoms with Crippen LogP contribution in [0.2, 0.25) is 0 Å². The summed E-state index contributed by atoms with van der Waals surface area (Å²) in [5.41, 5.74) is 7.32. The van der Waals surface area contributed by atoms with Crippen molar-refractivity contribution in [2.24, 2.45) is 11.8 Å². The molecule has 0 aromatic heterocycles. The second-order valence-electron chi connectivity index (χ2n) is 11.3. The molecule has 4 aliphatic rings. The van der Waals surface area contributed by atoms with E-state index in [1.54, 1.807) is 5.70 Å². The van der Waals surface area contributed by atoms with Gasteiger partial charge in [0.25, 0.3) is 0 Å². The number of likely N-dealkylation sites (tertiary alicyclic amines) is 2. The minimum Gasteiger partial charge on any atom is -0.371 e. The van der Waals surface area contributed by atoms with Gasteiger partial charge < -0.3 is 9.80 Å². The molecular formula is C33H48N2. The van der Waals surface area contributed by atoms with Crippen molar-refractivity contribution in [3.05, 3.63) is 83.2 Å². The zero-order valence-corrected chi connectivity index (χ0v) is 22.6. The number of hydrogen-bond acceptors (Lipinski definition) is 2. The highest BCUT2D eigenvalue weighted by Crippen LogP contribution is 2.40. The van der Waals surface area contributed by atoms with E-state index < -0.39 is 0 Å². The number of nitrogens with zero attached hydrogens (tertiary/aromatic N) is 2. The number of fused-ring (bicyclic) bond motifs is 1. The quantitative estimate of drug-likeness (QED) is 0.247. The van der Waals surface area contributed by atoms with Crippen LogP contribution in [0, 0.1) is 11.8 Å². The molecule has 0 radical (unpaired) electrons. The normalized spacial score (nSPS) is 28.0. The summed E-state index contributed by atoms with van der Waals surface area (Å²) in [6.07, 6.45) is 30.3. The standard InChI is InChI=1S/C33H48N2/c1-5-29(11-9-10-26(2)18-22-34-20-7-6-8-21-34)25-33-32-17-14-28(4)24-30(32)19-23-35(33)31-15-12-27(3)13-16-31/h5,9,11-12,14-15,17,24,30,32-33H,2,6-8,10,13,16,18-23,25H2,1,3-4H3/b11-9-,29-5+. The fraction of sp³-hybridized carbons (Fsp3) is 0.576. The van der Waals surface area contributed by atoms with Gasteiger partial charge in [-0.1, -0.05) is 77.8 Å². The van der Waals surface area contributed by atoms with Crippen LogP contribution in [0.15, 0.2) is 83.2 Å². The topological polar surface area (TPSA) is 6.48 Å². The van der Waals surface area contributed by atoms with Gasteiger partial charge in [0.15, 0.2) is 0 Å². The van der Waals surface area contributed by atoms with Gasteiger partial charge in [0.05, 0.1) is 0 Å². The van der Waals surface area contributed by atoms with Gasteiger partial charge in [-0.15, -0.1) is 0 Å². The number of hydrogen-bond donors (Lipinski definition) is 0. The van der Waals surface area contributed by atoms with E-state index in [0.717, 1.165) is 19.3 Å². The molecule has 3 atom stereocenters. The first-order chi connectivity index (χ1) is 17.0. The lowest BCUT2D eigenvalue weighted by Crippen LogP contribution is -2.48. The second kappa shape index (κ2) is 12.8. The van der Waals surface area contributed by atoms with Gasteiger partial charge in [0.1, 0.15) is 0 Å². The van der Waals surface area contributed by atoms with E-state index in [9.17, 15) is 0 Å². The van der Waals surface area contributed by atoms with Gasteiger partial charge in [-0.2, -0.15) is 0 Å². The first-order valence-corrected chi connectivity index (χ1v) is 14.2. The van der Waals surface area contributed by atoms with E-state index in [1.807, 2.05) is 0 Å². The van der Waals surface area contributed by atoms with E-state index in [-0.39, 0.29) is 0 Å². The van der Waals surface area contributed by atoms with Crippen LogP contribution in [0.3, 0.4) is 0 Å². The lowest BCUT2D eigenvalue weighted by Gasteiger charge is -2.48. The second-order valence-corrected chi connectivity index (χ2v) is 11.3. The Balaban J connectivity index is 1.39. The van der Waals surface area contributed by atoms with E-state index >= 15 is 0 Å². The van der Waals surface area contributed by atoms with Gasteiger partial charge in [0, 0.05) is 30.7 Å². The molecule has 2 saturated heterocycles. The molecule has 0 aromatic carbocycles. The van der Waals surface area contributed by atoms with Crippen molar-refractivity contribution in [3.63, 3.8) is 0 Å². The van der Waals surface area contributed by atoms with Crippen LogP contribution >= 0.6 is 0 Å². The Morgan fingerprint density at radius 1 is 1.09 bits per heavy atom. The number of piperidine rings is 2. The van der Waals surface area contributed by atoms with E-state index in [0.29, 0.717) is 17.9 Å². The van der Waals surface area contributed by atoms with Crippen LogP contribution in [0.4, 0.5) is 0 Å². The van der Waals surface area contributed by atoms with E-state index in [4.69, 9.17) is 0 Å². The van der Waals surface area contributed by atoms with Crippen molar-refractivity contribution in [1.82, 2.24) is 9.80 Å². The van der Waals surface area contributed by atoms with Crippen LogP contribution in [-0.4, -0.2) is 42.0 Å². The van der Waals surface area contributed by atoms with Gasteiger partial charge >= 0.3 is 0 Å². The highest BCUT2D eigenvalue weighted by Gasteiger charge is 2.37. The van der Waals surface area contributed by atoms with Gasteiger partial charge in [0.2, 0.25) is 0 Å². The molecule has 2 nitrogen and oxygen atoms in total. The molecule has 0 bridgehead atoms. The first kappa shape index (κ1) is 26.0. The van der Waals surface area contributed by atoms with Crippen LogP contribution in [0.25, 0.3) is 0 Å². The predicted octanol–water partition coefficient (Wildman–Crippen LogP) is 8.15. The minimum atomic E-state index is 0.533. The average Bonchev–Trinajstić information content (AvgIpc) is 2.88. The molecule has 190 valence electrons. The zero-order valence-electron chi connectivity index (χ0n) is 22.6. The summed E-state index contributed by atoms with van der Waals surface area (Å²) < 4.78 is 0. The van der Waals surface area contributed by atoms with Crippen molar-refractivity contribution in [1.29, 1.82) is 0 Å². The Bertz CT molecular complexity index is 919. The highest BCUT2D eigenvalue weighted by atomic mass is 15.2. The summed E-state index contributed by atoms with van der Waals surface area (Å²) >= 11 is 0. The molecule has 4 rings (SSSR count). The molecule has 0 saturated carbocycles. The molecule has 0 amide bonds. The molecule has 2 aliphatic carbocycles. The van der Waals surface area contributed by atoms with Gasteiger partial charge in [-0.05, 0) is 97.2 Å². The van der Waals surface area contributed by atoms with Crippen molar-refractivity contribution in [2.45, 2.75) is 84.6 Å². The first-order valence-electron chi connectivity index (χ1n) is 14.2. The molecule has 0 spiro atoms. The lowest BCUT2D eigenvalue weighted by atomic mass is 9.73. The summed E-state index contributed by atoms with van der Waals surface area (Å²) in [5, 5.41) is 0. The smallest absolute Gasteiger partial charge is 0.0395 e. The molecule has 2 heterocycles. The molecule has 2 fully saturated rings. The SMILES string of the molecule is C=C(C/C=C\C(=C/C)CC1C2C=CC(C)=CC2CCN1C1=CC=C(C)CC1)CCN1CCCCC1. The lowest BCUT2D eigenvalue weighted by molar-refractivity contribution is 0.117. The Kier molecular flexibility index (Phi) is 9.49. The van der Waals surface area contributed by atoms with Gasteiger partial charge in [-0.3, -0.25) is 0 Å². The Hall–Kier alpha value is -2.06. The van der Waals surface area contributed by atoms with Crippen molar-refractivity contribution in [3.8, 4) is 0 Å². The third-order valence-corrected chi connectivity index (χ3v) is 8.59. The molecule has 35 heavy (non-hydrogen) atoms. The summed E-state index contributed by atoms with van der Waals surface area (Å²) in [4.78, 5) is 5.38. The third-order valence-electron chi connectivity index (χ3n) is 8.59. The van der Waals surface area contributed by atoms with Crippen LogP contribution < -0.4 is 0 Å². The molecule has 3 unspecified atom stereocenters. The van der Waals surface area contributed by atoms with Crippen LogP contribution in [-0.2, 0) is 0 Å². The van der Waals surface area contributed by atoms with E-state index in [1.165, 1.54) is 87.0 Å². The molecule has 0 aromatic rings. The monoisotopic (exact) mass is 472 g/mol. The van der Waals surface area contributed by atoms with Crippen molar-refractivity contribution in [2.75, 3.05) is 26.2 Å². The maximum atomic E-state index is 4.38. The summed E-state index contributed by atoms with van der Waals surface area (Å²) in [6.45, 7) is 16.0. The van der Waals surface area contributed by atoms with Crippen molar-refractivity contribution >= 4 is 0 Å². The largest absolute Gasteiger partial charge is 0.371 e. The Morgan fingerprint density at radius 2 is 1.91 bits per heavy atom. The number of allylic oxidation sites excluding steroid dienone is 10. The fourth-order valence-corrected chi connectivity index (χ4v) is 6.34. The Morgan fingerprint density at radius 3 is 2.66 bits per heavy atom. The van der Waals surface area contributed by atoms with Crippen LogP contribution in [0.5, 0.6) is 0 Å². The predicted molar refractivity (Wildman–Crippen MR) is 152 cm³/mol. The third kappa shape index (κ3) is 7.23. The van der Waals surface area contributed by atoms with Crippen LogP contribution in [0.1, 0.15) is 78.6 Å². The zero-order chi connectivity index (χ0) is 24.6. The van der Waals surface area contributed by atoms with Gasteiger partial charge in [-0.25, -0.2) is 0 Å². The number of rotatable bonds is 9. The Labute approximate surface area is 215 Å². The van der Waals surface area contributed by atoms with Crippen molar-refractivity contribution < 1.29 is 0 Å². The highest BCUT2D eigenvalue weighted by molar-refractivity contribution is 5.31.